The number of sulfone groups is 1. The van der Waals surface area contributed by atoms with Crippen molar-refractivity contribution in [1.29, 1.82) is 5.26 Å². The van der Waals surface area contributed by atoms with Crippen LogP contribution in [0.1, 0.15) is 6.42 Å². The fourth-order valence-corrected chi connectivity index (χ4v) is 1.72. The molecule has 0 aliphatic carbocycles. The molecule has 0 aromatic carbocycles. The fraction of sp³-hybridized carbons (Fsp3) is 0.429. The summed E-state index contributed by atoms with van der Waals surface area (Å²) in [4.78, 5) is 0.00967. The molecule has 0 fully saturated rings. The van der Waals surface area contributed by atoms with E-state index >= 15 is 0 Å². The average molecular weight is 214 g/mol. The lowest BCUT2D eigenvalue weighted by Gasteiger charge is -2.00. The van der Waals surface area contributed by atoms with Crippen molar-refractivity contribution in [1.82, 2.24) is 9.78 Å². The lowest BCUT2D eigenvalue weighted by atomic mass is 10.5. The molecule has 0 radical (unpaired) electrons. The lowest BCUT2D eigenvalue weighted by molar-refractivity contribution is 0.601. The lowest BCUT2D eigenvalue weighted by Crippen LogP contribution is -2.07. The van der Waals surface area contributed by atoms with E-state index in [9.17, 15) is 8.42 Å². The second kappa shape index (κ2) is 3.67. The summed E-state index contributed by atoms with van der Waals surface area (Å²) >= 11 is 0. The monoisotopic (exact) mass is 214 g/mol. The van der Waals surface area contributed by atoms with Crippen LogP contribution in [-0.2, 0) is 16.4 Å². The van der Waals surface area contributed by atoms with Crippen LogP contribution in [0.15, 0.2) is 11.1 Å². The number of rotatable bonds is 3. The number of hydrogen-bond donors (Lipinski definition) is 1. The average Bonchev–Trinajstić information content (AvgIpc) is 2.42. The number of aryl methyl sites for hydroxylation is 1. The largest absolute Gasteiger partial charge is 0.383 e. The predicted molar refractivity (Wildman–Crippen MR) is 50.0 cm³/mol. The first-order valence-electron chi connectivity index (χ1n) is 3.85. The zero-order chi connectivity index (χ0) is 10.8. The first kappa shape index (κ1) is 10.5. The number of nitrogens with two attached hydrogens (primary N) is 1. The number of nitrogens with zero attached hydrogens (tertiary/aromatic N) is 3. The minimum atomic E-state index is -3.33. The third-order valence-corrected chi connectivity index (χ3v) is 2.79. The van der Waals surface area contributed by atoms with Gasteiger partial charge >= 0.3 is 0 Å². The normalized spacial score (nSPS) is 11.1. The second-order valence-corrected chi connectivity index (χ2v) is 4.78. The van der Waals surface area contributed by atoms with Gasteiger partial charge in [0.25, 0.3) is 0 Å². The maximum atomic E-state index is 11.1. The summed E-state index contributed by atoms with van der Waals surface area (Å²) in [6, 6.07) is 1.93. The highest BCUT2D eigenvalue weighted by atomic mass is 32.2. The molecule has 7 heteroatoms. The van der Waals surface area contributed by atoms with Gasteiger partial charge in [-0.3, -0.25) is 0 Å². The van der Waals surface area contributed by atoms with E-state index in [1.807, 2.05) is 6.07 Å². The highest BCUT2D eigenvalue weighted by Gasteiger charge is 2.16. The van der Waals surface area contributed by atoms with Crippen LogP contribution in [0.25, 0.3) is 0 Å². The standard InChI is InChI=1S/C7H10N4O2S/c1-14(12,13)6-5-10-11(7(6)9)4-2-3-8/h5H,2,4,9H2,1H3. The molecule has 1 aromatic rings. The van der Waals surface area contributed by atoms with Gasteiger partial charge in [0, 0.05) is 6.26 Å². The van der Waals surface area contributed by atoms with E-state index in [0.717, 1.165) is 6.26 Å². The molecule has 0 unspecified atom stereocenters. The highest BCUT2D eigenvalue weighted by Crippen LogP contribution is 2.17. The minimum absolute atomic E-state index is 0.00967. The van der Waals surface area contributed by atoms with Crippen LogP contribution in [0.4, 0.5) is 5.82 Å². The molecule has 6 nitrogen and oxygen atoms in total. The Morgan fingerprint density at radius 3 is 2.79 bits per heavy atom. The Balaban J connectivity index is 3.05. The van der Waals surface area contributed by atoms with E-state index < -0.39 is 9.84 Å². The number of anilines is 1. The molecule has 0 atom stereocenters. The van der Waals surface area contributed by atoms with E-state index in [1.54, 1.807) is 0 Å². The van der Waals surface area contributed by atoms with Crippen LogP contribution < -0.4 is 5.73 Å². The molecule has 0 saturated heterocycles. The van der Waals surface area contributed by atoms with Crippen LogP contribution >= 0.6 is 0 Å². The molecule has 14 heavy (non-hydrogen) atoms. The molecule has 0 aliphatic rings. The zero-order valence-electron chi connectivity index (χ0n) is 7.64. The quantitative estimate of drug-likeness (QED) is 0.749. The fourth-order valence-electron chi connectivity index (χ4n) is 0.997. The smallest absolute Gasteiger partial charge is 0.180 e. The summed E-state index contributed by atoms with van der Waals surface area (Å²) in [7, 11) is -3.33. The van der Waals surface area contributed by atoms with E-state index in [0.29, 0.717) is 6.54 Å². The van der Waals surface area contributed by atoms with Gasteiger partial charge in [0.15, 0.2) is 9.84 Å². The molecule has 2 N–H and O–H groups in total. The molecule has 0 aliphatic heterocycles. The van der Waals surface area contributed by atoms with Gasteiger partial charge in [-0.15, -0.1) is 0 Å². The number of hydrogen-bond acceptors (Lipinski definition) is 5. The van der Waals surface area contributed by atoms with E-state index in [-0.39, 0.29) is 17.1 Å². The summed E-state index contributed by atoms with van der Waals surface area (Å²) in [5, 5.41) is 12.1. The van der Waals surface area contributed by atoms with Gasteiger partial charge in [-0.05, 0) is 0 Å². The second-order valence-electron chi connectivity index (χ2n) is 2.80. The molecule has 0 bridgehead atoms. The zero-order valence-corrected chi connectivity index (χ0v) is 8.45. The highest BCUT2D eigenvalue weighted by molar-refractivity contribution is 7.90. The molecule has 1 heterocycles. The van der Waals surface area contributed by atoms with Crippen molar-refractivity contribution >= 4 is 15.7 Å². The maximum absolute atomic E-state index is 11.1. The molecule has 1 rings (SSSR count). The van der Waals surface area contributed by atoms with Gasteiger partial charge < -0.3 is 5.73 Å². The number of nitrogen functional groups attached to an aromatic ring is 1. The van der Waals surface area contributed by atoms with Crippen LogP contribution in [0.3, 0.4) is 0 Å². The van der Waals surface area contributed by atoms with E-state index in [1.165, 1.54) is 10.9 Å². The van der Waals surface area contributed by atoms with Crippen molar-refractivity contribution in [3.63, 3.8) is 0 Å². The topological polar surface area (TPSA) is 102 Å². The molecular formula is C7H10N4O2S. The van der Waals surface area contributed by atoms with Gasteiger partial charge in [0.2, 0.25) is 0 Å². The van der Waals surface area contributed by atoms with Gasteiger partial charge in [-0.1, -0.05) is 0 Å². The van der Waals surface area contributed by atoms with Gasteiger partial charge in [0.1, 0.15) is 10.7 Å². The summed E-state index contributed by atoms with van der Waals surface area (Å²) in [6.45, 7) is 0.303. The molecule has 0 amide bonds. The number of aromatic nitrogens is 2. The minimum Gasteiger partial charge on any atom is -0.383 e. The third kappa shape index (κ3) is 2.03. The Kier molecular flexibility index (Phi) is 2.76. The Bertz CT molecular complexity index is 468. The summed E-state index contributed by atoms with van der Waals surface area (Å²) < 4.78 is 23.6. The van der Waals surface area contributed by atoms with Crippen molar-refractivity contribution in [2.75, 3.05) is 12.0 Å². The Morgan fingerprint density at radius 1 is 1.71 bits per heavy atom. The number of nitriles is 1. The Labute approximate surface area is 81.9 Å². The maximum Gasteiger partial charge on any atom is 0.180 e. The predicted octanol–water partition coefficient (Wildman–Crippen LogP) is -0.218. The first-order chi connectivity index (χ1) is 6.46. The SMILES string of the molecule is CS(=O)(=O)c1cnn(CCC#N)c1N. The van der Waals surface area contributed by atoms with Crippen LogP contribution in [0.5, 0.6) is 0 Å². The summed E-state index contributed by atoms with van der Waals surface area (Å²) in [5.41, 5.74) is 5.54. The summed E-state index contributed by atoms with van der Waals surface area (Å²) in [6.07, 6.45) is 2.51. The van der Waals surface area contributed by atoms with Gasteiger partial charge in [-0.25, -0.2) is 13.1 Å². The van der Waals surface area contributed by atoms with Crippen molar-refractivity contribution in [2.24, 2.45) is 0 Å². The van der Waals surface area contributed by atoms with Gasteiger partial charge in [0.05, 0.1) is 25.2 Å². The molecular weight excluding hydrogens is 204 g/mol. The van der Waals surface area contributed by atoms with E-state index in [4.69, 9.17) is 11.0 Å². The van der Waals surface area contributed by atoms with Crippen molar-refractivity contribution in [2.45, 2.75) is 17.9 Å². The first-order valence-corrected chi connectivity index (χ1v) is 5.74. The molecule has 0 saturated carbocycles. The van der Waals surface area contributed by atoms with Crippen molar-refractivity contribution in [3.8, 4) is 6.07 Å². The Morgan fingerprint density at radius 2 is 2.36 bits per heavy atom. The van der Waals surface area contributed by atoms with Crippen molar-refractivity contribution < 1.29 is 8.42 Å². The molecule has 0 spiro atoms. The van der Waals surface area contributed by atoms with Gasteiger partial charge in [-0.2, -0.15) is 10.4 Å². The third-order valence-electron chi connectivity index (χ3n) is 1.68. The summed E-state index contributed by atoms with van der Waals surface area (Å²) in [5.74, 6) is 0.0859. The van der Waals surface area contributed by atoms with E-state index in [2.05, 4.69) is 5.10 Å². The van der Waals surface area contributed by atoms with Crippen LogP contribution in [0.2, 0.25) is 0 Å². The molecule has 1 aromatic heterocycles. The van der Waals surface area contributed by atoms with Crippen LogP contribution in [0, 0.1) is 11.3 Å². The Hall–Kier alpha value is -1.55. The van der Waals surface area contributed by atoms with Crippen LogP contribution in [-0.4, -0.2) is 24.5 Å². The molecule has 76 valence electrons. The van der Waals surface area contributed by atoms with Crippen molar-refractivity contribution in [3.05, 3.63) is 6.20 Å².